The van der Waals surface area contributed by atoms with Gasteiger partial charge in [0.25, 0.3) is 0 Å². The molecule has 1 atom stereocenters. The molecule has 1 aliphatic heterocycles. The fourth-order valence-corrected chi connectivity index (χ4v) is 1.99. The second kappa shape index (κ2) is 6.33. The van der Waals surface area contributed by atoms with Crippen LogP contribution in [0.15, 0.2) is 18.3 Å². The molecule has 7 nitrogen and oxygen atoms in total. The maximum absolute atomic E-state index is 12.0. The van der Waals surface area contributed by atoms with Gasteiger partial charge in [-0.25, -0.2) is 9.59 Å². The van der Waals surface area contributed by atoms with E-state index in [0.717, 1.165) is 0 Å². The van der Waals surface area contributed by atoms with E-state index in [9.17, 15) is 9.59 Å². The predicted molar refractivity (Wildman–Crippen MR) is 70.4 cm³/mol. The molecule has 1 saturated heterocycles. The van der Waals surface area contributed by atoms with Gasteiger partial charge in [0.2, 0.25) is 0 Å². The van der Waals surface area contributed by atoms with Gasteiger partial charge in [-0.1, -0.05) is 0 Å². The molecular formula is C13H17N3O4. The van der Waals surface area contributed by atoms with Crippen molar-refractivity contribution < 1.29 is 19.4 Å². The SMILES string of the molecule is CC1CN(C(=O)NCc2cc(C(=O)O)ccn2)CCO1. The molecular weight excluding hydrogens is 262 g/mol. The number of urea groups is 1. The monoisotopic (exact) mass is 279 g/mol. The summed E-state index contributed by atoms with van der Waals surface area (Å²) in [6, 6.07) is 2.67. The lowest BCUT2D eigenvalue weighted by molar-refractivity contribution is -0.00352. The molecule has 0 aromatic carbocycles. The van der Waals surface area contributed by atoms with Crippen LogP contribution >= 0.6 is 0 Å². The standard InChI is InChI=1S/C13H17N3O4/c1-9-8-16(4-5-20-9)13(19)15-7-11-6-10(12(17)18)2-3-14-11/h2-3,6,9H,4-5,7-8H2,1H3,(H,15,19)(H,17,18). The Labute approximate surface area is 116 Å². The number of rotatable bonds is 3. The first-order valence-corrected chi connectivity index (χ1v) is 6.39. The minimum Gasteiger partial charge on any atom is -0.478 e. The van der Waals surface area contributed by atoms with Crippen molar-refractivity contribution in [2.24, 2.45) is 0 Å². The summed E-state index contributed by atoms with van der Waals surface area (Å²) in [6.07, 6.45) is 1.45. The predicted octanol–water partition coefficient (Wildman–Crippen LogP) is 0.710. The Morgan fingerprint density at radius 1 is 1.60 bits per heavy atom. The fraction of sp³-hybridized carbons (Fsp3) is 0.462. The molecule has 20 heavy (non-hydrogen) atoms. The molecule has 2 amide bonds. The average Bonchev–Trinajstić information content (AvgIpc) is 2.45. The van der Waals surface area contributed by atoms with Crippen LogP contribution in [-0.4, -0.2) is 52.8 Å². The van der Waals surface area contributed by atoms with E-state index in [4.69, 9.17) is 9.84 Å². The summed E-state index contributed by atoms with van der Waals surface area (Å²) in [6.45, 7) is 3.75. The van der Waals surface area contributed by atoms with E-state index >= 15 is 0 Å². The Balaban J connectivity index is 1.89. The van der Waals surface area contributed by atoms with Gasteiger partial charge in [0.1, 0.15) is 0 Å². The lowest BCUT2D eigenvalue weighted by Crippen LogP contribution is -2.48. The van der Waals surface area contributed by atoms with Crippen molar-refractivity contribution in [1.82, 2.24) is 15.2 Å². The Hall–Kier alpha value is -2.15. The Kier molecular flexibility index (Phi) is 4.52. The summed E-state index contributed by atoms with van der Waals surface area (Å²) in [5.41, 5.74) is 0.670. The number of morpholine rings is 1. The third kappa shape index (κ3) is 3.67. The molecule has 0 spiro atoms. The number of carboxylic acid groups (broad SMARTS) is 1. The van der Waals surface area contributed by atoms with E-state index in [2.05, 4.69) is 10.3 Å². The average molecular weight is 279 g/mol. The summed E-state index contributed by atoms with van der Waals surface area (Å²) in [5.74, 6) is -1.01. The van der Waals surface area contributed by atoms with E-state index in [1.54, 1.807) is 4.90 Å². The van der Waals surface area contributed by atoms with Gasteiger partial charge >= 0.3 is 12.0 Å². The number of ether oxygens (including phenoxy) is 1. The van der Waals surface area contributed by atoms with Crippen LogP contribution < -0.4 is 5.32 Å². The zero-order chi connectivity index (χ0) is 14.5. The number of nitrogens with one attached hydrogen (secondary N) is 1. The Morgan fingerprint density at radius 2 is 2.40 bits per heavy atom. The molecule has 0 aliphatic carbocycles. The molecule has 108 valence electrons. The number of amides is 2. The van der Waals surface area contributed by atoms with Gasteiger partial charge < -0.3 is 20.1 Å². The molecule has 2 heterocycles. The second-order valence-corrected chi connectivity index (χ2v) is 4.63. The van der Waals surface area contributed by atoms with Crippen LogP contribution in [0.25, 0.3) is 0 Å². The molecule has 2 rings (SSSR count). The zero-order valence-electron chi connectivity index (χ0n) is 11.2. The summed E-state index contributed by atoms with van der Waals surface area (Å²) in [4.78, 5) is 28.5. The van der Waals surface area contributed by atoms with E-state index in [0.29, 0.717) is 25.4 Å². The van der Waals surface area contributed by atoms with E-state index in [-0.39, 0.29) is 24.2 Å². The molecule has 0 radical (unpaired) electrons. The highest BCUT2D eigenvalue weighted by molar-refractivity contribution is 5.87. The van der Waals surface area contributed by atoms with Crippen molar-refractivity contribution in [3.05, 3.63) is 29.6 Å². The van der Waals surface area contributed by atoms with Crippen molar-refractivity contribution in [3.63, 3.8) is 0 Å². The molecule has 0 bridgehead atoms. The van der Waals surface area contributed by atoms with Crippen LogP contribution in [0.3, 0.4) is 0 Å². The highest BCUT2D eigenvalue weighted by atomic mass is 16.5. The van der Waals surface area contributed by atoms with Crippen molar-refractivity contribution in [3.8, 4) is 0 Å². The van der Waals surface area contributed by atoms with E-state index < -0.39 is 5.97 Å². The third-order valence-electron chi connectivity index (χ3n) is 3.01. The minimum absolute atomic E-state index is 0.0305. The number of carboxylic acids is 1. The number of hydrogen-bond donors (Lipinski definition) is 2. The summed E-state index contributed by atoms with van der Waals surface area (Å²) in [5, 5.41) is 11.6. The highest BCUT2D eigenvalue weighted by Gasteiger charge is 2.21. The van der Waals surface area contributed by atoms with Crippen LogP contribution in [0.1, 0.15) is 23.0 Å². The number of pyridine rings is 1. The van der Waals surface area contributed by atoms with Gasteiger partial charge in [-0.2, -0.15) is 0 Å². The van der Waals surface area contributed by atoms with Gasteiger partial charge in [-0.15, -0.1) is 0 Å². The van der Waals surface area contributed by atoms with E-state index in [1.165, 1.54) is 18.3 Å². The molecule has 7 heteroatoms. The van der Waals surface area contributed by atoms with Crippen molar-refractivity contribution >= 4 is 12.0 Å². The Bertz CT molecular complexity index is 506. The molecule has 2 N–H and O–H groups in total. The molecule has 0 saturated carbocycles. The van der Waals surface area contributed by atoms with Gasteiger partial charge in [0, 0.05) is 19.3 Å². The second-order valence-electron chi connectivity index (χ2n) is 4.63. The maximum atomic E-state index is 12.0. The van der Waals surface area contributed by atoms with Crippen LogP contribution in [0.5, 0.6) is 0 Å². The van der Waals surface area contributed by atoms with Gasteiger partial charge in [-0.05, 0) is 19.1 Å². The number of carbonyl (C=O) groups excluding carboxylic acids is 1. The number of carbonyl (C=O) groups is 2. The number of hydrogen-bond acceptors (Lipinski definition) is 4. The Morgan fingerprint density at radius 3 is 3.10 bits per heavy atom. The first-order valence-electron chi connectivity index (χ1n) is 6.39. The molecule has 1 aromatic heterocycles. The summed E-state index contributed by atoms with van der Waals surface area (Å²) in [7, 11) is 0. The zero-order valence-corrected chi connectivity index (χ0v) is 11.2. The topological polar surface area (TPSA) is 91.8 Å². The summed E-state index contributed by atoms with van der Waals surface area (Å²) >= 11 is 0. The van der Waals surface area contributed by atoms with Crippen LogP contribution in [0.2, 0.25) is 0 Å². The quantitative estimate of drug-likeness (QED) is 0.850. The largest absolute Gasteiger partial charge is 0.478 e. The summed E-state index contributed by atoms with van der Waals surface area (Å²) < 4.78 is 5.36. The maximum Gasteiger partial charge on any atom is 0.335 e. The van der Waals surface area contributed by atoms with Gasteiger partial charge in [-0.3, -0.25) is 4.98 Å². The van der Waals surface area contributed by atoms with Gasteiger partial charge in [0.05, 0.1) is 30.5 Å². The smallest absolute Gasteiger partial charge is 0.335 e. The first kappa shape index (κ1) is 14.3. The molecule has 1 unspecified atom stereocenters. The minimum atomic E-state index is -1.01. The van der Waals surface area contributed by atoms with Crippen LogP contribution in [0.4, 0.5) is 4.79 Å². The third-order valence-corrected chi connectivity index (χ3v) is 3.01. The fourth-order valence-electron chi connectivity index (χ4n) is 1.99. The number of nitrogens with zero attached hydrogens (tertiary/aromatic N) is 2. The molecule has 1 aliphatic rings. The molecule has 1 fully saturated rings. The number of aromatic nitrogens is 1. The lowest BCUT2D eigenvalue weighted by Gasteiger charge is -2.31. The van der Waals surface area contributed by atoms with Crippen LogP contribution in [0, 0.1) is 0 Å². The van der Waals surface area contributed by atoms with Crippen molar-refractivity contribution in [1.29, 1.82) is 0 Å². The van der Waals surface area contributed by atoms with Gasteiger partial charge in [0.15, 0.2) is 0 Å². The van der Waals surface area contributed by atoms with E-state index in [1.807, 2.05) is 6.92 Å². The van der Waals surface area contributed by atoms with Crippen LogP contribution in [-0.2, 0) is 11.3 Å². The lowest BCUT2D eigenvalue weighted by atomic mass is 10.2. The number of aromatic carboxylic acids is 1. The normalized spacial score (nSPS) is 18.6. The van der Waals surface area contributed by atoms with Crippen molar-refractivity contribution in [2.45, 2.75) is 19.6 Å². The van der Waals surface area contributed by atoms with Crippen molar-refractivity contribution in [2.75, 3.05) is 19.7 Å². The first-order chi connectivity index (χ1) is 9.56. The molecule has 1 aromatic rings. The highest BCUT2D eigenvalue weighted by Crippen LogP contribution is 2.05.